The van der Waals surface area contributed by atoms with E-state index in [1.54, 1.807) is 36.4 Å². The summed E-state index contributed by atoms with van der Waals surface area (Å²) in [6, 6.07) is 21.4. The van der Waals surface area contributed by atoms with Crippen molar-refractivity contribution in [1.29, 1.82) is 0 Å². The average molecular weight is 454 g/mol. The van der Waals surface area contributed by atoms with Crippen LogP contribution in [-0.4, -0.2) is 23.9 Å². The van der Waals surface area contributed by atoms with E-state index in [0.29, 0.717) is 32.6 Å². The average Bonchev–Trinajstić information content (AvgIpc) is 2.90. The van der Waals surface area contributed by atoms with E-state index in [1.165, 1.54) is 0 Å². The molecular weight excluding hydrogens is 437 g/mol. The first-order valence-corrected chi connectivity index (χ1v) is 10.2. The van der Waals surface area contributed by atoms with Crippen LogP contribution in [0.1, 0.15) is 16.7 Å². The van der Waals surface area contributed by atoms with Crippen molar-refractivity contribution in [2.45, 2.75) is 12.8 Å². The van der Waals surface area contributed by atoms with Crippen molar-refractivity contribution in [3.63, 3.8) is 0 Å². The fraction of sp³-hybridized carbons (Fsp3) is 0.0870. The second-order valence-corrected chi connectivity index (χ2v) is 7.59. The molecule has 3 aromatic rings. The lowest BCUT2D eigenvalue weighted by Crippen LogP contribution is -2.42. The maximum Gasteiger partial charge on any atom is 0.409 e. The van der Waals surface area contributed by atoms with Crippen LogP contribution in [0.3, 0.4) is 0 Å². The van der Waals surface area contributed by atoms with Gasteiger partial charge in [-0.2, -0.15) is 0 Å². The summed E-state index contributed by atoms with van der Waals surface area (Å²) in [5.74, 6) is -0.512. The molecule has 8 heteroatoms. The van der Waals surface area contributed by atoms with E-state index in [4.69, 9.17) is 27.9 Å². The standard InChI is InChI=1S/C23H17Cl2N3O3/c24-15-10-11-19-17(12-15)20(16-8-4-5-9-18(16)25)27-21(22(29)26-19)28-23(30)31-13-14-6-2-1-3-7-14/h1-12,21H,13H2,(H,26,29)(H,28,30). The molecule has 156 valence electrons. The molecule has 0 aromatic heterocycles. The van der Waals surface area contributed by atoms with Gasteiger partial charge in [-0.3, -0.25) is 10.1 Å². The molecule has 4 rings (SSSR count). The number of hydrogen-bond donors (Lipinski definition) is 2. The number of hydrogen-bond acceptors (Lipinski definition) is 4. The van der Waals surface area contributed by atoms with E-state index in [1.807, 2.05) is 36.4 Å². The Balaban J connectivity index is 1.64. The summed E-state index contributed by atoms with van der Waals surface area (Å²) in [5, 5.41) is 6.21. The summed E-state index contributed by atoms with van der Waals surface area (Å²) in [6.07, 6.45) is -1.99. The van der Waals surface area contributed by atoms with Crippen molar-refractivity contribution in [3.8, 4) is 0 Å². The monoisotopic (exact) mass is 453 g/mol. The fourth-order valence-electron chi connectivity index (χ4n) is 3.12. The minimum atomic E-state index is -1.22. The quantitative estimate of drug-likeness (QED) is 0.580. The summed E-state index contributed by atoms with van der Waals surface area (Å²) in [4.78, 5) is 29.6. The number of benzodiazepines with no additional fused rings is 1. The Morgan fingerprint density at radius 2 is 1.74 bits per heavy atom. The van der Waals surface area contributed by atoms with Crippen molar-refractivity contribution in [3.05, 3.63) is 99.5 Å². The zero-order valence-corrected chi connectivity index (χ0v) is 17.7. The number of carbonyl (C=O) groups excluding carboxylic acids is 2. The molecule has 0 saturated carbocycles. The third-order valence-electron chi connectivity index (χ3n) is 4.60. The molecule has 31 heavy (non-hydrogen) atoms. The number of fused-ring (bicyclic) bond motifs is 1. The van der Waals surface area contributed by atoms with Crippen LogP contribution in [-0.2, 0) is 16.1 Å². The Morgan fingerprint density at radius 3 is 2.52 bits per heavy atom. The predicted octanol–water partition coefficient (Wildman–Crippen LogP) is 5.04. The SMILES string of the molecule is O=C(NC1N=C(c2ccccc2Cl)c2cc(Cl)ccc2NC1=O)OCc1ccccc1. The number of amides is 2. The van der Waals surface area contributed by atoms with Crippen LogP contribution < -0.4 is 10.6 Å². The zero-order chi connectivity index (χ0) is 21.8. The third kappa shape index (κ3) is 4.87. The molecular formula is C23H17Cl2N3O3. The van der Waals surface area contributed by atoms with Gasteiger partial charge in [-0.05, 0) is 29.8 Å². The largest absolute Gasteiger partial charge is 0.445 e. The molecule has 0 spiro atoms. The topological polar surface area (TPSA) is 79.8 Å². The molecule has 2 N–H and O–H groups in total. The zero-order valence-electron chi connectivity index (χ0n) is 16.1. The molecule has 1 atom stereocenters. The number of alkyl carbamates (subject to hydrolysis) is 1. The van der Waals surface area contributed by atoms with Crippen LogP contribution in [0.5, 0.6) is 0 Å². The Hall–Kier alpha value is -3.35. The lowest BCUT2D eigenvalue weighted by Gasteiger charge is -2.14. The van der Waals surface area contributed by atoms with Gasteiger partial charge in [0.1, 0.15) is 6.61 Å². The summed E-state index contributed by atoms with van der Waals surface area (Å²) in [6.45, 7) is 0.0674. The molecule has 0 fully saturated rings. The first-order valence-electron chi connectivity index (χ1n) is 9.42. The maximum absolute atomic E-state index is 12.8. The fourth-order valence-corrected chi connectivity index (χ4v) is 3.52. The molecule has 0 aliphatic carbocycles. The molecule has 3 aromatic carbocycles. The molecule has 0 bridgehead atoms. The number of aliphatic imine (C=N–C) groups is 1. The predicted molar refractivity (Wildman–Crippen MR) is 121 cm³/mol. The summed E-state index contributed by atoms with van der Waals surface area (Å²) in [7, 11) is 0. The Kier molecular flexibility index (Phi) is 6.21. The first-order chi connectivity index (χ1) is 15.0. The van der Waals surface area contributed by atoms with Crippen LogP contribution >= 0.6 is 23.2 Å². The summed E-state index contributed by atoms with van der Waals surface area (Å²) < 4.78 is 5.23. The highest BCUT2D eigenvalue weighted by Crippen LogP contribution is 2.29. The number of ether oxygens (including phenoxy) is 1. The van der Waals surface area contributed by atoms with Crippen LogP contribution in [0, 0.1) is 0 Å². The number of nitrogens with one attached hydrogen (secondary N) is 2. The lowest BCUT2D eigenvalue weighted by molar-refractivity contribution is -0.117. The van der Waals surface area contributed by atoms with Gasteiger partial charge in [-0.1, -0.05) is 71.7 Å². The normalized spacial score (nSPS) is 15.2. The van der Waals surface area contributed by atoms with E-state index >= 15 is 0 Å². The second kappa shape index (κ2) is 9.20. The van der Waals surface area contributed by atoms with Gasteiger partial charge in [-0.15, -0.1) is 0 Å². The molecule has 1 aliphatic rings. The van der Waals surface area contributed by atoms with Crippen LogP contribution in [0.2, 0.25) is 10.0 Å². The van der Waals surface area contributed by atoms with E-state index in [9.17, 15) is 9.59 Å². The van der Waals surface area contributed by atoms with E-state index < -0.39 is 18.2 Å². The number of carbonyl (C=O) groups is 2. The molecule has 1 heterocycles. The molecule has 6 nitrogen and oxygen atoms in total. The summed E-state index contributed by atoms with van der Waals surface area (Å²) >= 11 is 12.6. The van der Waals surface area contributed by atoms with Crippen LogP contribution in [0.15, 0.2) is 77.8 Å². The minimum absolute atomic E-state index is 0.0674. The van der Waals surface area contributed by atoms with Crippen molar-refractivity contribution in [2.24, 2.45) is 4.99 Å². The number of anilines is 1. The van der Waals surface area contributed by atoms with Gasteiger partial charge in [0.2, 0.25) is 6.17 Å². The highest BCUT2D eigenvalue weighted by Gasteiger charge is 2.28. The van der Waals surface area contributed by atoms with E-state index in [-0.39, 0.29) is 6.61 Å². The number of nitrogens with zero attached hydrogens (tertiary/aromatic N) is 1. The van der Waals surface area contributed by atoms with Crippen molar-refractivity contribution < 1.29 is 14.3 Å². The lowest BCUT2D eigenvalue weighted by atomic mass is 10.0. The number of rotatable bonds is 4. The molecule has 2 amide bonds. The highest BCUT2D eigenvalue weighted by molar-refractivity contribution is 6.37. The molecule has 0 radical (unpaired) electrons. The number of benzene rings is 3. The van der Waals surface area contributed by atoms with Gasteiger partial charge >= 0.3 is 6.09 Å². The van der Waals surface area contributed by atoms with Gasteiger partial charge in [0.05, 0.1) is 11.4 Å². The Morgan fingerprint density at radius 1 is 1.00 bits per heavy atom. The van der Waals surface area contributed by atoms with E-state index in [2.05, 4.69) is 15.6 Å². The van der Waals surface area contributed by atoms with Gasteiger partial charge in [0, 0.05) is 21.2 Å². The van der Waals surface area contributed by atoms with Crippen LogP contribution in [0.4, 0.5) is 10.5 Å². The van der Waals surface area contributed by atoms with Gasteiger partial charge in [0.15, 0.2) is 0 Å². The highest BCUT2D eigenvalue weighted by atomic mass is 35.5. The first kappa shape index (κ1) is 20.9. The molecule has 1 unspecified atom stereocenters. The third-order valence-corrected chi connectivity index (χ3v) is 5.16. The molecule has 1 aliphatic heterocycles. The van der Waals surface area contributed by atoms with Gasteiger partial charge in [0.25, 0.3) is 5.91 Å². The van der Waals surface area contributed by atoms with Gasteiger partial charge in [-0.25, -0.2) is 9.79 Å². The van der Waals surface area contributed by atoms with Gasteiger partial charge < -0.3 is 10.1 Å². The Bertz CT molecular complexity index is 1170. The van der Waals surface area contributed by atoms with Crippen molar-refractivity contribution in [2.75, 3.05) is 5.32 Å². The minimum Gasteiger partial charge on any atom is -0.445 e. The second-order valence-electron chi connectivity index (χ2n) is 6.75. The maximum atomic E-state index is 12.8. The van der Waals surface area contributed by atoms with Crippen molar-refractivity contribution >= 4 is 46.6 Å². The smallest absolute Gasteiger partial charge is 0.409 e. The van der Waals surface area contributed by atoms with Crippen LogP contribution in [0.25, 0.3) is 0 Å². The van der Waals surface area contributed by atoms with Crippen molar-refractivity contribution in [1.82, 2.24) is 5.32 Å². The van der Waals surface area contributed by atoms with E-state index in [0.717, 1.165) is 5.56 Å². The number of halogens is 2. The Labute approximate surface area is 188 Å². The summed E-state index contributed by atoms with van der Waals surface area (Å²) in [5.41, 5.74) is 2.96. The molecule has 0 saturated heterocycles.